The largest absolute Gasteiger partial charge is 0.505 e. The SMILES string of the molecule is O=C(Nc1ccccc1Cl)C1=C(O)c2ccccc2S(=O)(=O)N1.O=C(Nc1ccccc1Cl)C1=C(O)c2ccccc2S(=O)(=O)N1. The third kappa shape index (κ3) is 6.50. The number of anilines is 2. The maximum atomic E-state index is 12.3. The third-order valence-corrected chi connectivity index (χ3v) is 9.98. The lowest BCUT2D eigenvalue weighted by Crippen LogP contribution is -2.35. The zero-order valence-corrected chi connectivity index (χ0v) is 26.3. The van der Waals surface area contributed by atoms with Gasteiger partial charge in [0.05, 0.1) is 31.2 Å². The Bertz CT molecular complexity index is 2030. The topological polar surface area (TPSA) is 191 Å². The first-order valence-corrected chi connectivity index (χ1v) is 16.7. The first-order chi connectivity index (χ1) is 21.8. The summed E-state index contributed by atoms with van der Waals surface area (Å²) in [5.74, 6) is -2.51. The van der Waals surface area contributed by atoms with Crippen LogP contribution in [0.15, 0.2) is 118 Å². The zero-order valence-electron chi connectivity index (χ0n) is 23.2. The molecule has 0 fully saturated rings. The van der Waals surface area contributed by atoms with Crippen molar-refractivity contribution >= 4 is 78.0 Å². The van der Waals surface area contributed by atoms with Gasteiger partial charge >= 0.3 is 0 Å². The number of hydrogen-bond acceptors (Lipinski definition) is 8. The van der Waals surface area contributed by atoms with Gasteiger partial charge in [-0.2, -0.15) is 0 Å². The van der Waals surface area contributed by atoms with E-state index >= 15 is 0 Å². The number of sulfonamides is 2. The second-order valence-corrected chi connectivity index (χ2v) is 13.6. The normalized spacial score (nSPS) is 15.5. The average Bonchev–Trinajstić information content (AvgIpc) is 3.03. The summed E-state index contributed by atoms with van der Waals surface area (Å²) in [4.78, 5) is 24.4. The van der Waals surface area contributed by atoms with Crippen molar-refractivity contribution in [3.63, 3.8) is 0 Å². The molecule has 2 aliphatic heterocycles. The lowest BCUT2D eigenvalue weighted by atomic mass is 10.1. The van der Waals surface area contributed by atoms with Crippen molar-refractivity contribution in [2.45, 2.75) is 9.79 Å². The Balaban J connectivity index is 0.000000181. The van der Waals surface area contributed by atoms with E-state index in [1.165, 1.54) is 36.4 Å². The van der Waals surface area contributed by atoms with Crippen molar-refractivity contribution in [1.82, 2.24) is 9.44 Å². The Hall–Kier alpha value is -5.02. The molecule has 46 heavy (non-hydrogen) atoms. The minimum atomic E-state index is -3.93. The number of carbonyl (C=O) groups excluding carboxylic acids is 2. The monoisotopic (exact) mass is 700 g/mol. The highest BCUT2D eigenvalue weighted by Gasteiger charge is 2.34. The summed E-state index contributed by atoms with van der Waals surface area (Å²) < 4.78 is 52.9. The van der Waals surface area contributed by atoms with Crippen LogP contribution in [0.3, 0.4) is 0 Å². The van der Waals surface area contributed by atoms with Gasteiger partial charge in [-0.25, -0.2) is 16.8 Å². The number of carbonyl (C=O) groups is 2. The highest BCUT2D eigenvalue weighted by Crippen LogP contribution is 2.31. The lowest BCUT2D eigenvalue weighted by molar-refractivity contribution is -0.113. The Labute approximate surface area is 273 Å². The van der Waals surface area contributed by atoms with Crippen molar-refractivity contribution < 1.29 is 36.6 Å². The zero-order chi connectivity index (χ0) is 33.2. The maximum absolute atomic E-state index is 12.3. The molecule has 0 atom stereocenters. The lowest BCUT2D eigenvalue weighted by Gasteiger charge is -2.21. The van der Waals surface area contributed by atoms with E-state index < -0.39 is 54.8 Å². The van der Waals surface area contributed by atoms with E-state index in [9.17, 15) is 36.6 Å². The molecule has 12 nitrogen and oxygen atoms in total. The minimum Gasteiger partial charge on any atom is -0.505 e. The fraction of sp³-hybridized carbons (Fsp3) is 0. The molecule has 0 saturated heterocycles. The summed E-state index contributed by atoms with van der Waals surface area (Å²) in [7, 11) is -7.87. The molecule has 0 spiro atoms. The average molecular weight is 702 g/mol. The molecule has 2 aliphatic rings. The molecule has 0 aliphatic carbocycles. The molecule has 0 aromatic heterocycles. The molecule has 4 aromatic rings. The molecule has 6 rings (SSSR count). The molecule has 2 amide bonds. The fourth-order valence-electron chi connectivity index (χ4n) is 4.34. The van der Waals surface area contributed by atoms with Crippen molar-refractivity contribution in [3.05, 3.63) is 130 Å². The van der Waals surface area contributed by atoms with Crippen LogP contribution in [0.5, 0.6) is 0 Å². The highest BCUT2D eigenvalue weighted by atomic mass is 35.5. The van der Waals surface area contributed by atoms with E-state index in [-0.39, 0.29) is 20.9 Å². The quantitative estimate of drug-likeness (QED) is 0.171. The summed E-state index contributed by atoms with van der Waals surface area (Å²) >= 11 is 11.9. The summed E-state index contributed by atoms with van der Waals surface area (Å²) in [6.07, 6.45) is 0. The molecule has 0 radical (unpaired) electrons. The molecule has 2 heterocycles. The van der Waals surface area contributed by atoms with Crippen molar-refractivity contribution in [2.75, 3.05) is 10.6 Å². The Kier molecular flexibility index (Phi) is 8.99. The summed E-state index contributed by atoms with van der Waals surface area (Å²) in [6.45, 7) is 0. The van der Waals surface area contributed by atoms with Gasteiger partial charge in [-0.1, -0.05) is 71.7 Å². The van der Waals surface area contributed by atoms with Crippen molar-refractivity contribution in [3.8, 4) is 0 Å². The van der Waals surface area contributed by atoms with Crippen LogP contribution in [-0.4, -0.2) is 38.9 Å². The predicted molar refractivity (Wildman–Crippen MR) is 173 cm³/mol. The van der Waals surface area contributed by atoms with E-state index in [0.29, 0.717) is 21.4 Å². The Morgan fingerprint density at radius 1 is 0.543 bits per heavy atom. The van der Waals surface area contributed by atoms with Gasteiger partial charge in [0.1, 0.15) is 0 Å². The van der Waals surface area contributed by atoms with E-state index in [4.69, 9.17) is 23.2 Å². The number of halogens is 2. The fourth-order valence-corrected chi connectivity index (χ4v) is 7.27. The number of nitrogens with one attached hydrogen (secondary N) is 4. The van der Waals surface area contributed by atoms with Crippen LogP contribution in [0.1, 0.15) is 11.1 Å². The maximum Gasteiger partial charge on any atom is 0.276 e. The van der Waals surface area contributed by atoms with Gasteiger partial charge in [0.25, 0.3) is 31.9 Å². The number of rotatable bonds is 4. The van der Waals surface area contributed by atoms with Gasteiger partial charge in [-0.15, -0.1) is 0 Å². The molecule has 236 valence electrons. The van der Waals surface area contributed by atoms with Gasteiger partial charge in [0.2, 0.25) is 0 Å². The third-order valence-electron chi connectivity index (χ3n) is 6.51. The predicted octanol–water partition coefficient (Wildman–Crippen LogP) is 4.99. The second-order valence-electron chi connectivity index (χ2n) is 9.52. The number of amides is 2. The van der Waals surface area contributed by atoms with Crippen LogP contribution in [0.4, 0.5) is 11.4 Å². The van der Waals surface area contributed by atoms with E-state index in [1.54, 1.807) is 60.7 Å². The van der Waals surface area contributed by atoms with Crippen LogP contribution in [0, 0.1) is 0 Å². The Morgan fingerprint density at radius 3 is 1.24 bits per heavy atom. The molecule has 6 N–H and O–H groups in total. The minimum absolute atomic E-state index is 0.0653. The van der Waals surface area contributed by atoms with Gasteiger partial charge < -0.3 is 20.8 Å². The number of aliphatic hydroxyl groups excluding tert-OH is 2. The molecule has 0 saturated carbocycles. The molecule has 16 heteroatoms. The summed E-state index contributed by atoms with van der Waals surface area (Å²) in [5, 5.41) is 26.0. The highest BCUT2D eigenvalue weighted by molar-refractivity contribution is 7.90. The van der Waals surface area contributed by atoms with Gasteiger partial charge in [-0.05, 0) is 48.5 Å². The number of benzene rings is 4. The van der Waals surface area contributed by atoms with Crippen molar-refractivity contribution in [2.24, 2.45) is 0 Å². The molecular weight excluding hydrogens is 679 g/mol. The van der Waals surface area contributed by atoms with E-state index in [1.807, 2.05) is 0 Å². The van der Waals surface area contributed by atoms with Crippen LogP contribution in [-0.2, 0) is 29.6 Å². The standard InChI is InChI=1S/2C15H11ClN2O4S/c2*16-10-6-2-3-7-11(10)17-15(20)13-14(19)9-5-1-4-8-12(9)23(21,22)18-13/h2*1-8,18-19H,(H,17,20). The molecular formula is C30H22Cl2N4O8S2. The van der Waals surface area contributed by atoms with E-state index in [0.717, 1.165) is 0 Å². The molecule has 0 bridgehead atoms. The van der Waals surface area contributed by atoms with E-state index in [2.05, 4.69) is 20.1 Å². The van der Waals surface area contributed by atoms with Crippen LogP contribution >= 0.6 is 23.2 Å². The first kappa shape index (κ1) is 32.4. The van der Waals surface area contributed by atoms with Crippen molar-refractivity contribution in [1.29, 1.82) is 0 Å². The molecule has 0 unspecified atom stereocenters. The number of aliphatic hydroxyl groups is 2. The number of para-hydroxylation sites is 2. The first-order valence-electron chi connectivity index (χ1n) is 13.0. The van der Waals surface area contributed by atoms with Crippen LogP contribution in [0.2, 0.25) is 10.0 Å². The summed E-state index contributed by atoms with van der Waals surface area (Å²) in [6, 6.07) is 24.7. The number of fused-ring (bicyclic) bond motifs is 2. The van der Waals surface area contributed by atoms with Crippen LogP contribution in [0.25, 0.3) is 11.5 Å². The second kappa shape index (κ2) is 12.8. The Morgan fingerprint density at radius 2 is 0.870 bits per heavy atom. The smallest absolute Gasteiger partial charge is 0.276 e. The summed E-state index contributed by atoms with van der Waals surface area (Å²) in [5.41, 5.74) is -0.173. The van der Waals surface area contributed by atoms with Gasteiger partial charge in [0.15, 0.2) is 22.9 Å². The van der Waals surface area contributed by atoms with Gasteiger partial charge in [-0.3, -0.25) is 19.0 Å². The van der Waals surface area contributed by atoms with Gasteiger partial charge in [0, 0.05) is 11.1 Å². The molecule has 4 aromatic carbocycles. The van der Waals surface area contributed by atoms with Crippen LogP contribution < -0.4 is 20.1 Å². The number of hydrogen-bond donors (Lipinski definition) is 6.